The molecular weight excluding hydrogens is 222 g/mol. The maximum atomic E-state index is 10.9. The van der Waals surface area contributed by atoms with Crippen molar-refractivity contribution in [2.45, 2.75) is 12.5 Å². The van der Waals surface area contributed by atoms with Gasteiger partial charge in [-0.25, -0.2) is 4.79 Å². The number of rotatable bonds is 3. The van der Waals surface area contributed by atoms with Crippen molar-refractivity contribution in [3.8, 4) is 0 Å². The molecule has 86 valence electrons. The molecule has 3 N–H and O–H groups in total. The van der Waals surface area contributed by atoms with Crippen molar-refractivity contribution >= 4 is 17.7 Å². The molecule has 1 saturated heterocycles. The van der Waals surface area contributed by atoms with Crippen LogP contribution in [0.1, 0.15) is 28.4 Å². The molecule has 0 radical (unpaired) electrons. The number of carboxylic acids is 1. The van der Waals surface area contributed by atoms with Gasteiger partial charge in [-0.15, -0.1) is 0 Å². The van der Waals surface area contributed by atoms with E-state index in [0.29, 0.717) is 11.5 Å². The molecule has 2 unspecified atom stereocenters. The summed E-state index contributed by atoms with van der Waals surface area (Å²) in [5.74, 6) is 1.83. The molecule has 0 bridgehead atoms. The van der Waals surface area contributed by atoms with Crippen LogP contribution in [0.4, 0.5) is 0 Å². The van der Waals surface area contributed by atoms with Crippen molar-refractivity contribution in [1.82, 2.24) is 0 Å². The van der Waals surface area contributed by atoms with Gasteiger partial charge in [0.05, 0.1) is 5.56 Å². The molecule has 1 aliphatic rings. The van der Waals surface area contributed by atoms with Gasteiger partial charge in [0.15, 0.2) is 0 Å². The average molecular weight is 237 g/mol. The van der Waals surface area contributed by atoms with E-state index in [-0.39, 0.29) is 6.04 Å². The second kappa shape index (κ2) is 4.89. The largest absolute Gasteiger partial charge is 0.478 e. The molecule has 0 saturated carbocycles. The van der Waals surface area contributed by atoms with Gasteiger partial charge in [0.25, 0.3) is 0 Å². The number of aromatic carboxylic acids is 1. The molecular formula is C12H15NO2S. The first-order valence-electron chi connectivity index (χ1n) is 5.35. The van der Waals surface area contributed by atoms with Gasteiger partial charge in [-0.1, -0.05) is 12.1 Å². The number of thioether (sulfide) groups is 1. The van der Waals surface area contributed by atoms with E-state index in [4.69, 9.17) is 10.8 Å². The van der Waals surface area contributed by atoms with Crippen molar-refractivity contribution in [1.29, 1.82) is 0 Å². The van der Waals surface area contributed by atoms with Crippen LogP contribution in [0.3, 0.4) is 0 Å². The molecule has 1 fully saturated rings. The van der Waals surface area contributed by atoms with E-state index in [2.05, 4.69) is 0 Å². The van der Waals surface area contributed by atoms with Crippen LogP contribution in [-0.2, 0) is 0 Å². The standard InChI is InChI=1S/C12H15NO2S/c13-11(10-4-5-16-7-10)8-2-1-3-9(6-8)12(14)15/h1-3,6,10-11H,4-5,7,13H2,(H,14,15). The summed E-state index contributed by atoms with van der Waals surface area (Å²) < 4.78 is 0. The zero-order valence-corrected chi connectivity index (χ0v) is 9.74. The van der Waals surface area contributed by atoms with Crippen molar-refractivity contribution in [2.24, 2.45) is 11.7 Å². The van der Waals surface area contributed by atoms with Gasteiger partial charge in [-0.05, 0) is 41.5 Å². The van der Waals surface area contributed by atoms with E-state index >= 15 is 0 Å². The molecule has 0 aliphatic carbocycles. The number of nitrogens with two attached hydrogens (primary N) is 1. The number of carboxylic acid groups (broad SMARTS) is 1. The fourth-order valence-corrected chi connectivity index (χ4v) is 3.30. The van der Waals surface area contributed by atoms with E-state index in [1.165, 1.54) is 0 Å². The molecule has 2 rings (SSSR count). The van der Waals surface area contributed by atoms with Gasteiger partial charge in [0.2, 0.25) is 0 Å². The van der Waals surface area contributed by atoms with E-state index in [1.807, 2.05) is 17.8 Å². The molecule has 2 atom stereocenters. The fraction of sp³-hybridized carbons (Fsp3) is 0.417. The number of hydrogen-bond acceptors (Lipinski definition) is 3. The first kappa shape index (κ1) is 11.5. The van der Waals surface area contributed by atoms with Crippen LogP contribution < -0.4 is 5.73 Å². The van der Waals surface area contributed by atoms with Crippen LogP contribution in [-0.4, -0.2) is 22.6 Å². The molecule has 16 heavy (non-hydrogen) atoms. The van der Waals surface area contributed by atoms with E-state index in [0.717, 1.165) is 23.5 Å². The number of hydrogen-bond donors (Lipinski definition) is 2. The van der Waals surface area contributed by atoms with Gasteiger partial charge in [-0.2, -0.15) is 11.8 Å². The highest BCUT2D eigenvalue weighted by atomic mass is 32.2. The fourth-order valence-electron chi connectivity index (χ4n) is 1.99. The summed E-state index contributed by atoms with van der Waals surface area (Å²) in [6, 6.07) is 6.94. The Kier molecular flexibility index (Phi) is 3.51. The smallest absolute Gasteiger partial charge is 0.335 e. The highest BCUT2D eigenvalue weighted by molar-refractivity contribution is 7.99. The summed E-state index contributed by atoms with van der Waals surface area (Å²) in [6.45, 7) is 0. The van der Waals surface area contributed by atoms with Crippen LogP contribution in [0.25, 0.3) is 0 Å². The third-order valence-electron chi connectivity index (χ3n) is 2.99. The van der Waals surface area contributed by atoms with Crippen molar-refractivity contribution in [2.75, 3.05) is 11.5 Å². The summed E-state index contributed by atoms with van der Waals surface area (Å²) in [6.07, 6.45) is 1.13. The topological polar surface area (TPSA) is 63.3 Å². The highest BCUT2D eigenvalue weighted by Crippen LogP contribution is 2.32. The summed E-state index contributed by atoms with van der Waals surface area (Å²) in [7, 11) is 0. The quantitative estimate of drug-likeness (QED) is 0.845. The molecule has 1 heterocycles. The SMILES string of the molecule is NC(c1cccc(C(=O)O)c1)C1CCSC1. The minimum absolute atomic E-state index is 0.0331. The average Bonchev–Trinajstić information content (AvgIpc) is 2.81. The lowest BCUT2D eigenvalue weighted by Gasteiger charge is -2.18. The molecule has 4 heteroatoms. The maximum absolute atomic E-state index is 10.9. The van der Waals surface area contributed by atoms with Crippen LogP contribution in [0.5, 0.6) is 0 Å². The Morgan fingerprint density at radius 1 is 1.56 bits per heavy atom. The molecule has 1 aliphatic heterocycles. The number of benzene rings is 1. The first-order chi connectivity index (χ1) is 7.68. The van der Waals surface area contributed by atoms with Crippen LogP contribution in [0, 0.1) is 5.92 Å². The summed E-state index contributed by atoms with van der Waals surface area (Å²) in [5, 5.41) is 8.91. The lowest BCUT2D eigenvalue weighted by molar-refractivity contribution is 0.0696. The van der Waals surface area contributed by atoms with Crippen LogP contribution in [0.2, 0.25) is 0 Å². The van der Waals surface area contributed by atoms with E-state index in [1.54, 1.807) is 18.2 Å². The minimum atomic E-state index is -0.894. The van der Waals surface area contributed by atoms with Crippen molar-refractivity contribution in [3.63, 3.8) is 0 Å². The van der Waals surface area contributed by atoms with Gasteiger partial charge >= 0.3 is 5.97 Å². The molecule has 0 aromatic heterocycles. The zero-order valence-electron chi connectivity index (χ0n) is 8.93. The third-order valence-corrected chi connectivity index (χ3v) is 4.18. The monoisotopic (exact) mass is 237 g/mol. The Balaban J connectivity index is 2.18. The summed E-state index contributed by atoms with van der Waals surface area (Å²) >= 11 is 1.92. The second-order valence-electron chi connectivity index (χ2n) is 4.08. The predicted octanol–water partition coefficient (Wildman–Crippen LogP) is 2.14. The lowest BCUT2D eigenvalue weighted by Crippen LogP contribution is -2.21. The van der Waals surface area contributed by atoms with Gasteiger partial charge < -0.3 is 10.8 Å². The zero-order chi connectivity index (χ0) is 11.5. The van der Waals surface area contributed by atoms with Crippen LogP contribution >= 0.6 is 11.8 Å². The lowest BCUT2D eigenvalue weighted by atomic mass is 9.92. The summed E-state index contributed by atoms with van der Waals surface area (Å²) in [5.41, 5.74) is 7.42. The Morgan fingerprint density at radius 3 is 3.00 bits per heavy atom. The Hall–Kier alpha value is -1.00. The molecule has 0 amide bonds. The maximum Gasteiger partial charge on any atom is 0.335 e. The second-order valence-corrected chi connectivity index (χ2v) is 5.23. The minimum Gasteiger partial charge on any atom is -0.478 e. The van der Waals surface area contributed by atoms with Crippen molar-refractivity contribution in [3.05, 3.63) is 35.4 Å². The van der Waals surface area contributed by atoms with Gasteiger partial charge in [-0.3, -0.25) is 0 Å². The first-order valence-corrected chi connectivity index (χ1v) is 6.50. The highest BCUT2D eigenvalue weighted by Gasteiger charge is 2.24. The third kappa shape index (κ3) is 2.39. The number of carbonyl (C=O) groups is 1. The van der Waals surface area contributed by atoms with Gasteiger partial charge in [0, 0.05) is 6.04 Å². The Bertz CT molecular complexity index is 388. The molecule has 3 nitrogen and oxygen atoms in total. The van der Waals surface area contributed by atoms with E-state index in [9.17, 15) is 4.79 Å². The van der Waals surface area contributed by atoms with Crippen LogP contribution in [0.15, 0.2) is 24.3 Å². The van der Waals surface area contributed by atoms with Crippen molar-refractivity contribution < 1.29 is 9.90 Å². The molecule has 1 aromatic rings. The Labute approximate surface area is 99.0 Å². The molecule has 0 spiro atoms. The molecule has 1 aromatic carbocycles. The summed E-state index contributed by atoms with van der Waals surface area (Å²) in [4.78, 5) is 10.9. The Morgan fingerprint density at radius 2 is 2.38 bits per heavy atom. The normalized spacial score (nSPS) is 21.9. The van der Waals surface area contributed by atoms with Gasteiger partial charge in [0.1, 0.15) is 0 Å². The van der Waals surface area contributed by atoms with E-state index < -0.39 is 5.97 Å². The predicted molar refractivity (Wildman–Crippen MR) is 65.8 cm³/mol.